The van der Waals surface area contributed by atoms with Gasteiger partial charge in [0, 0.05) is 28.8 Å². The molecule has 3 unspecified atom stereocenters. The van der Waals surface area contributed by atoms with E-state index in [1.54, 1.807) is 0 Å². The summed E-state index contributed by atoms with van der Waals surface area (Å²) in [6.45, 7) is 2.20. The average Bonchev–Trinajstić information content (AvgIpc) is 3.83. The van der Waals surface area contributed by atoms with E-state index in [0.29, 0.717) is 0 Å². The lowest BCUT2D eigenvalue weighted by Gasteiger charge is -2.56. The topological polar surface area (TPSA) is 3.24 Å². The first-order valence-corrected chi connectivity index (χ1v) is 22.7. The number of allylic oxidation sites excluding steroid dienone is 4. The third-order valence-electron chi connectivity index (χ3n) is 15.0. The van der Waals surface area contributed by atoms with E-state index in [4.69, 9.17) is 0 Å². The molecule has 3 atom stereocenters. The summed E-state index contributed by atoms with van der Waals surface area (Å²) in [5.41, 5.74) is 22.4. The number of anilines is 3. The molecule has 0 amide bonds. The molecule has 2 spiro atoms. The van der Waals surface area contributed by atoms with Gasteiger partial charge in [0.1, 0.15) is 0 Å². The number of benzene rings is 9. The van der Waals surface area contributed by atoms with Crippen LogP contribution in [-0.4, -0.2) is 0 Å². The van der Waals surface area contributed by atoms with Crippen LogP contribution in [0.25, 0.3) is 44.5 Å². The van der Waals surface area contributed by atoms with Gasteiger partial charge in [-0.2, -0.15) is 0 Å². The van der Waals surface area contributed by atoms with Gasteiger partial charge in [0.25, 0.3) is 0 Å². The fourth-order valence-corrected chi connectivity index (χ4v) is 12.6. The molecule has 4 aliphatic rings. The van der Waals surface area contributed by atoms with Crippen LogP contribution in [0.15, 0.2) is 243 Å². The maximum Gasteiger partial charge on any atom is 0.0543 e. The van der Waals surface area contributed by atoms with Crippen LogP contribution in [0.5, 0.6) is 0 Å². The molecule has 0 saturated carbocycles. The molecule has 64 heavy (non-hydrogen) atoms. The number of nitrogens with zero attached hydrogens (tertiary/aromatic N) is 1. The van der Waals surface area contributed by atoms with Gasteiger partial charge in [0.2, 0.25) is 0 Å². The van der Waals surface area contributed by atoms with Gasteiger partial charge in [-0.1, -0.05) is 212 Å². The van der Waals surface area contributed by atoms with Gasteiger partial charge in [-0.25, -0.2) is 0 Å². The molecule has 0 N–H and O–H groups in total. The lowest BCUT2D eigenvalue weighted by Crippen LogP contribution is -2.53. The monoisotopic (exact) mass is 815 g/mol. The number of fused-ring (bicyclic) bond motifs is 16. The fraction of sp³-hybridized carbons (Fsp3) is 0.0794. The molecule has 0 heterocycles. The minimum atomic E-state index is -0.459. The van der Waals surface area contributed by atoms with Crippen molar-refractivity contribution in [3.8, 4) is 44.5 Å². The molecule has 1 nitrogen and oxygen atoms in total. The zero-order chi connectivity index (χ0) is 42.4. The Hall–Kier alpha value is -7.74. The highest BCUT2D eigenvalue weighted by molar-refractivity contribution is 5.98. The van der Waals surface area contributed by atoms with Gasteiger partial charge < -0.3 is 4.90 Å². The second-order valence-electron chi connectivity index (χ2n) is 17.9. The molecule has 4 aliphatic carbocycles. The van der Waals surface area contributed by atoms with Crippen LogP contribution in [0.1, 0.15) is 38.9 Å². The lowest BCUT2D eigenvalue weighted by molar-refractivity contribution is 0.253. The van der Waals surface area contributed by atoms with Crippen LogP contribution < -0.4 is 4.90 Å². The largest absolute Gasteiger partial charge is 0.310 e. The van der Waals surface area contributed by atoms with Crippen molar-refractivity contribution < 1.29 is 0 Å². The molecule has 9 aromatic rings. The molecule has 0 aromatic heterocycles. The van der Waals surface area contributed by atoms with Gasteiger partial charge in [-0.3, -0.25) is 0 Å². The molecule has 0 fully saturated rings. The highest BCUT2D eigenvalue weighted by Crippen LogP contribution is 2.71. The molecule has 9 aromatic carbocycles. The third-order valence-corrected chi connectivity index (χ3v) is 15.0. The van der Waals surface area contributed by atoms with Gasteiger partial charge >= 0.3 is 0 Å². The minimum absolute atomic E-state index is 0.122. The Kier molecular flexibility index (Phi) is 8.15. The average molecular weight is 816 g/mol. The van der Waals surface area contributed by atoms with Crippen molar-refractivity contribution >= 4 is 17.1 Å². The van der Waals surface area contributed by atoms with Crippen molar-refractivity contribution in [3.05, 3.63) is 282 Å². The van der Waals surface area contributed by atoms with E-state index in [1.807, 2.05) is 0 Å². The zero-order valence-corrected chi connectivity index (χ0v) is 35.7. The maximum atomic E-state index is 2.55. The van der Waals surface area contributed by atoms with Crippen molar-refractivity contribution in [1.82, 2.24) is 0 Å². The highest BCUT2D eigenvalue weighted by Gasteiger charge is 2.64. The van der Waals surface area contributed by atoms with Crippen LogP contribution in [0.2, 0.25) is 0 Å². The zero-order valence-electron chi connectivity index (χ0n) is 35.7. The van der Waals surface area contributed by atoms with Crippen molar-refractivity contribution in [2.45, 2.75) is 17.8 Å². The number of aryl methyl sites for hydroxylation is 1. The summed E-state index contributed by atoms with van der Waals surface area (Å²) < 4.78 is 0. The van der Waals surface area contributed by atoms with Crippen LogP contribution in [0, 0.1) is 18.8 Å². The Balaban J connectivity index is 1.07. The standard InChI is InChI=1S/C63H45N/c1-42-18-5-6-21-48(42)45-36-40-47(41-37-45)64(46-38-34-44(35-39-46)43-19-3-2-4-20-43)60-33-17-32-59-61(60)51-24-9-12-27-54(51)63(59)57-30-15-13-28-55(57)62(56-29-14-16-31-58(56)63)52-25-10-7-22-49(52)50-23-8-11-26-53(50)62/h2-41,55,57H,1H3. The van der Waals surface area contributed by atoms with Gasteiger partial charge in [-0.15, -0.1) is 0 Å². The predicted molar refractivity (Wildman–Crippen MR) is 266 cm³/mol. The van der Waals surface area contributed by atoms with E-state index in [2.05, 4.69) is 255 Å². The van der Waals surface area contributed by atoms with E-state index in [1.165, 1.54) is 89.1 Å². The summed E-state index contributed by atoms with van der Waals surface area (Å²) in [6.07, 6.45) is 9.73. The van der Waals surface area contributed by atoms with E-state index >= 15 is 0 Å². The van der Waals surface area contributed by atoms with E-state index in [0.717, 1.165) is 11.4 Å². The van der Waals surface area contributed by atoms with Gasteiger partial charge in [0.15, 0.2) is 0 Å². The number of hydrogen-bond donors (Lipinski definition) is 0. The third kappa shape index (κ3) is 4.95. The first-order valence-electron chi connectivity index (χ1n) is 22.7. The van der Waals surface area contributed by atoms with Crippen molar-refractivity contribution in [2.75, 3.05) is 4.90 Å². The second kappa shape index (κ2) is 14.1. The van der Waals surface area contributed by atoms with Crippen LogP contribution in [-0.2, 0) is 10.8 Å². The molecular formula is C63H45N. The first kappa shape index (κ1) is 36.9. The van der Waals surface area contributed by atoms with E-state index in [9.17, 15) is 0 Å². The fourth-order valence-electron chi connectivity index (χ4n) is 12.6. The van der Waals surface area contributed by atoms with E-state index < -0.39 is 5.41 Å². The van der Waals surface area contributed by atoms with Crippen LogP contribution in [0.4, 0.5) is 17.1 Å². The predicted octanol–water partition coefficient (Wildman–Crippen LogP) is 15.8. The highest BCUT2D eigenvalue weighted by atomic mass is 15.1. The Labute approximate surface area is 376 Å². The Morgan fingerprint density at radius 2 is 0.750 bits per heavy atom. The number of rotatable bonds is 5. The first-order chi connectivity index (χ1) is 31.7. The molecule has 13 rings (SSSR count). The molecule has 0 bridgehead atoms. The molecular weight excluding hydrogens is 771 g/mol. The molecule has 0 aliphatic heterocycles. The quantitative estimate of drug-likeness (QED) is 0.167. The van der Waals surface area contributed by atoms with Gasteiger partial charge in [0.05, 0.1) is 16.5 Å². The Morgan fingerprint density at radius 1 is 0.328 bits per heavy atom. The summed E-state index contributed by atoms with van der Waals surface area (Å²) in [4.78, 5) is 2.50. The van der Waals surface area contributed by atoms with E-state index in [-0.39, 0.29) is 17.3 Å². The molecule has 0 radical (unpaired) electrons. The van der Waals surface area contributed by atoms with Crippen LogP contribution in [0.3, 0.4) is 0 Å². The SMILES string of the molecule is Cc1ccccc1-c1ccc(N(c2ccc(-c3ccccc3)cc2)c2cccc3c2-c2ccccc2C32c3ccccc3C3(c4ccccc4-c4ccccc43)C3C=CC=CC32)cc1. The smallest absolute Gasteiger partial charge is 0.0543 e. The summed E-state index contributed by atoms with van der Waals surface area (Å²) in [5, 5.41) is 0. The normalized spacial score (nSPS) is 18.8. The van der Waals surface area contributed by atoms with Gasteiger partial charge in [-0.05, 0) is 115 Å². The summed E-state index contributed by atoms with van der Waals surface area (Å²) >= 11 is 0. The Morgan fingerprint density at radius 3 is 1.33 bits per heavy atom. The van der Waals surface area contributed by atoms with Crippen molar-refractivity contribution in [2.24, 2.45) is 11.8 Å². The summed E-state index contributed by atoms with van der Waals surface area (Å²) in [7, 11) is 0. The number of hydrogen-bond acceptors (Lipinski definition) is 1. The molecule has 0 saturated heterocycles. The molecule has 302 valence electrons. The molecule has 1 heteroatoms. The summed E-state index contributed by atoms with van der Waals surface area (Å²) in [6, 6.07) is 82.0. The second-order valence-corrected chi connectivity index (χ2v) is 17.9. The van der Waals surface area contributed by atoms with Crippen molar-refractivity contribution in [3.63, 3.8) is 0 Å². The maximum absolute atomic E-state index is 2.55. The lowest BCUT2D eigenvalue weighted by atomic mass is 9.45. The Bertz CT molecular complexity index is 3310. The van der Waals surface area contributed by atoms with Crippen LogP contribution >= 0.6 is 0 Å². The minimum Gasteiger partial charge on any atom is -0.310 e. The summed E-state index contributed by atoms with van der Waals surface area (Å²) in [5.74, 6) is 0.270. The van der Waals surface area contributed by atoms with Crippen molar-refractivity contribution in [1.29, 1.82) is 0 Å².